The molecule has 2 amide bonds. The minimum Gasteiger partial charge on any atom is -0.339 e. The van der Waals surface area contributed by atoms with E-state index in [-0.39, 0.29) is 18.4 Å². The first-order valence-corrected chi connectivity index (χ1v) is 9.18. The predicted molar refractivity (Wildman–Crippen MR) is 92.1 cm³/mol. The van der Waals surface area contributed by atoms with Gasteiger partial charge in [-0.2, -0.15) is 0 Å². The molecule has 124 valence electrons. The second kappa shape index (κ2) is 7.36. The lowest BCUT2D eigenvalue weighted by Crippen LogP contribution is -2.51. The second-order valence-electron chi connectivity index (χ2n) is 6.22. The highest BCUT2D eigenvalue weighted by atomic mass is 32.2. The molecule has 0 radical (unpaired) electrons. The molecule has 1 aromatic rings. The molecular weight excluding hydrogens is 310 g/mol. The normalized spacial score (nSPS) is 19.4. The van der Waals surface area contributed by atoms with Crippen LogP contribution in [0, 0.1) is 6.92 Å². The quantitative estimate of drug-likeness (QED) is 0.830. The van der Waals surface area contributed by atoms with E-state index in [1.807, 2.05) is 4.90 Å². The zero-order chi connectivity index (χ0) is 16.2. The Morgan fingerprint density at radius 1 is 1.22 bits per heavy atom. The number of amides is 2. The zero-order valence-corrected chi connectivity index (χ0v) is 14.3. The lowest BCUT2D eigenvalue weighted by Gasteiger charge is -2.35. The van der Waals surface area contributed by atoms with Crippen LogP contribution in [0.3, 0.4) is 0 Å². The number of hydrogen-bond donors (Lipinski definition) is 0. The number of carbonyl (C=O) groups is 2. The van der Waals surface area contributed by atoms with Crippen LogP contribution >= 0.6 is 11.8 Å². The van der Waals surface area contributed by atoms with Gasteiger partial charge in [0.05, 0.1) is 11.6 Å². The van der Waals surface area contributed by atoms with Crippen LogP contribution in [-0.4, -0.2) is 70.9 Å². The van der Waals surface area contributed by atoms with Gasteiger partial charge in [0.25, 0.3) is 0 Å². The maximum Gasteiger partial charge on any atom is 0.242 e. The molecule has 23 heavy (non-hydrogen) atoms. The molecule has 6 heteroatoms. The van der Waals surface area contributed by atoms with Crippen LogP contribution in [0.2, 0.25) is 0 Å². The van der Waals surface area contributed by atoms with E-state index in [1.165, 1.54) is 11.1 Å². The molecule has 2 fully saturated rings. The van der Waals surface area contributed by atoms with E-state index in [2.05, 4.69) is 36.1 Å². The molecule has 0 unspecified atom stereocenters. The van der Waals surface area contributed by atoms with Gasteiger partial charge in [-0.05, 0) is 12.5 Å². The van der Waals surface area contributed by atoms with Gasteiger partial charge in [0, 0.05) is 32.7 Å². The molecule has 0 aliphatic carbocycles. The minimum absolute atomic E-state index is 0.0797. The fraction of sp³-hybridized carbons (Fsp3) is 0.529. The van der Waals surface area contributed by atoms with Crippen molar-refractivity contribution in [1.29, 1.82) is 0 Å². The Bertz CT molecular complexity index is 585. The summed E-state index contributed by atoms with van der Waals surface area (Å²) >= 11 is 1.58. The van der Waals surface area contributed by atoms with Gasteiger partial charge in [-0.25, -0.2) is 0 Å². The van der Waals surface area contributed by atoms with Crippen molar-refractivity contribution >= 4 is 23.6 Å². The molecule has 0 bridgehead atoms. The third-order valence-corrected chi connectivity index (χ3v) is 5.31. The maximum absolute atomic E-state index is 12.3. The molecule has 0 aromatic heterocycles. The van der Waals surface area contributed by atoms with Gasteiger partial charge in [0.15, 0.2) is 0 Å². The van der Waals surface area contributed by atoms with Crippen LogP contribution < -0.4 is 0 Å². The number of aryl methyl sites for hydroxylation is 1. The van der Waals surface area contributed by atoms with Crippen molar-refractivity contribution in [3.05, 3.63) is 35.4 Å². The molecule has 2 aliphatic heterocycles. The predicted octanol–water partition coefficient (Wildman–Crippen LogP) is 1.17. The minimum atomic E-state index is 0.0797. The summed E-state index contributed by atoms with van der Waals surface area (Å²) in [4.78, 5) is 29.9. The number of thioether (sulfide) groups is 1. The van der Waals surface area contributed by atoms with Crippen molar-refractivity contribution < 1.29 is 9.59 Å². The third-order valence-electron chi connectivity index (χ3n) is 4.37. The van der Waals surface area contributed by atoms with E-state index in [0.717, 1.165) is 32.7 Å². The van der Waals surface area contributed by atoms with Gasteiger partial charge in [-0.1, -0.05) is 29.8 Å². The average Bonchev–Trinajstić information content (AvgIpc) is 2.93. The van der Waals surface area contributed by atoms with Gasteiger partial charge < -0.3 is 9.80 Å². The lowest BCUT2D eigenvalue weighted by molar-refractivity contribution is -0.139. The fourth-order valence-electron chi connectivity index (χ4n) is 3.03. The van der Waals surface area contributed by atoms with Crippen molar-refractivity contribution in [3.63, 3.8) is 0 Å². The first-order valence-electron chi connectivity index (χ1n) is 8.03. The zero-order valence-electron chi connectivity index (χ0n) is 13.5. The van der Waals surface area contributed by atoms with Crippen LogP contribution in [0.5, 0.6) is 0 Å². The Kier molecular flexibility index (Phi) is 5.23. The number of carbonyl (C=O) groups excluding carboxylic acids is 2. The first-order chi connectivity index (χ1) is 11.1. The highest BCUT2D eigenvalue weighted by molar-refractivity contribution is 8.00. The molecule has 0 N–H and O–H groups in total. The van der Waals surface area contributed by atoms with Gasteiger partial charge in [-0.15, -0.1) is 11.8 Å². The summed E-state index contributed by atoms with van der Waals surface area (Å²) in [6, 6.07) is 8.57. The van der Waals surface area contributed by atoms with Crippen molar-refractivity contribution in [3.8, 4) is 0 Å². The van der Waals surface area contributed by atoms with Gasteiger partial charge in [0.1, 0.15) is 6.54 Å². The van der Waals surface area contributed by atoms with E-state index in [0.29, 0.717) is 11.6 Å². The lowest BCUT2D eigenvalue weighted by atomic mass is 10.1. The Hall–Kier alpha value is -1.53. The van der Waals surface area contributed by atoms with Crippen LogP contribution in [0.15, 0.2) is 24.3 Å². The van der Waals surface area contributed by atoms with E-state index < -0.39 is 0 Å². The monoisotopic (exact) mass is 333 g/mol. The summed E-state index contributed by atoms with van der Waals surface area (Å²) in [6.45, 7) is 6.57. The summed E-state index contributed by atoms with van der Waals surface area (Å²) in [5.41, 5.74) is 2.61. The summed E-state index contributed by atoms with van der Waals surface area (Å²) < 4.78 is 0. The topological polar surface area (TPSA) is 43.9 Å². The van der Waals surface area contributed by atoms with Crippen LogP contribution in [-0.2, 0) is 16.1 Å². The number of piperazine rings is 1. The summed E-state index contributed by atoms with van der Waals surface area (Å²) in [6.07, 6.45) is 0. The summed E-state index contributed by atoms with van der Waals surface area (Å²) in [5.74, 6) is 1.33. The van der Waals surface area contributed by atoms with Crippen molar-refractivity contribution in [2.45, 2.75) is 13.5 Å². The SMILES string of the molecule is Cc1cccc(CN2CCN(C(=O)CN3CSCC3=O)CC2)c1. The van der Waals surface area contributed by atoms with Gasteiger partial charge in [0.2, 0.25) is 11.8 Å². The van der Waals surface area contributed by atoms with E-state index in [1.54, 1.807) is 16.7 Å². The maximum atomic E-state index is 12.3. The van der Waals surface area contributed by atoms with E-state index >= 15 is 0 Å². The van der Waals surface area contributed by atoms with E-state index in [9.17, 15) is 9.59 Å². The molecule has 3 rings (SSSR count). The Morgan fingerprint density at radius 3 is 2.65 bits per heavy atom. The van der Waals surface area contributed by atoms with Crippen molar-refractivity contribution in [2.75, 3.05) is 44.4 Å². The Labute approximate surface area is 141 Å². The number of hydrogen-bond acceptors (Lipinski definition) is 4. The molecule has 1 aromatic carbocycles. The van der Waals surface area contributed by atoms with Crippen LogP contribution in [0.1, 0.15) is 11.1 Å². The smallest absolute Gasteiger partial charge is 0.242 e. The number of benzene rings is 1. The largest absolute Gasteiger partial charge is 0.339 e. The molecule has 5 nitrogen and oxygen atoms in total. The summed E-state index contributed by atoms with van der Waals surface area (Å²) in [5, 5.41) is 0. The fourth-order valence-corrected chi connectivity index (χ4v) is 3.93. The summed E-state index contributed by atoms with van der Waals surface area (Å²) in [7, 11) is 0. The van der Waals surface area contributed by atoms with Gasteiger partial charge in [-0.3, -0.25) is 14.5 Å². The molecule has 2 saturated heterocycles. The second-order valence-corrected chi connectivity index (χ2v) is 7.17. The first kappa shape index (κ1) is 16.3. The van der Waals surface area contributed by atoms with Crippen LogP contribution in [0.4, 0.5) is 0 Å². The molecule has 0 spiro atoms. The average molecular weight is 333 g/mol. The van der Waals surface area contributed by atoms with Crippen LogP contribution in [0.25, 0.3) is 0 Å². The molecular formula is C17H23N3O2S. The van der Waals surface area contributed by atoms with E-state index in [4.69, 9.17) is 0 Å². The van der Waals surface area contributed by atoms with Gasteiger partial charge >= 0.3 is 0 Å². The van der Waals surface area contributed by atoms with Crippen molar-refractivity contribution in [1.82, 2.24) is 14.7 Å². The molecule has 2 aliphatic rings. The Balaban J connectivity index is 1.46. The molecule has 0 saturated carbocycles. The standard InChI is InChI=1S/C17H23N3O2S/c1-14-3-2-4-15(9-14)10-18-5-7-19(8-6-18)16(21)11-20-13-23-12-17(20)22/h2-4,9H,5-8,10-13H2,1H3. The highest BCUT2D eigenvalue weighted by Crippen LogP contribution is 2.15. The van der Waals surface area contributed by atoms with Crippen molar-refractivity contribution in [2.24, 2.45) is 0 Å². The molecule has 0 atom stereocenters. The third kappa shape index (κ3) is 4.26. The number of nitrogens with zero attached hydrogens (tertiary/aromatic N) is 3. The Morgan fingerprint density at radius 2 is 2.00 bits per heavy atom. The number of rotatable bonds is 4. The highest BCUT2D eigenvalue weighted by Gasteiger charge is 2.27. The molecule has 2 heterocycles.